The lowest BCUT2D eigenvalue weighted by Crippen LogP contribution is -2.51. The third-order valence-electron chi connectivity index (χ3n) is 5.26. The van der Waals surface area contributed by atoms with Crippen LogP contribution in [0, 0.1) is 6.92 Å². The molecule has 0 heterocycles. The summed E-state index contributed by atoms with van der Waals surface area (Å²) < 4.78 is 0. The molecule has 2 amide bonds. The number of hydrogen-bond acceptors (Lipinski definition) is 3. The SMILES string of the molecule is CC[C@@H](C)NC(=O)[C@@H](CC)N(Cc1ccccc1Cl)C(=O)CSCc1cccc(C)c1. The molecule has 0 bridgehead atoms. The average Bonchev–Trinajstić information content (AvgIpc) is 2.74. The van der Waals surface area contributed by atoms with Gasteiger partial charge in [0.1, 0.15) is 6.04 Å². The fourth-order valence-corrected chi connectivity index (χ4v) is 4.37. The monoisotopic (exact) mass is 460 g/mol. The number of carbonyl (C=O) groups is 2. The molecule has 0 aliphatic carbocycles. The number of rotatable bonds is 11. The van der Waals surface area contributed by atoms with Crippen LogP contribution in [0.15, 0.2) is 48.5 Å². The molecule has 0 saturated carbocycles. The minimum atomic E-state index is -0.530. The molecule has 0 aliphatic heterocycles. The van der Waals surface area contributed by atoms with Gasteiger partial charge in [-0.25, -0.2) is 0 Å². The maximum Gasteiger partial charge on any atom is 0.243 e. The third-order valence-corrected chi connectivity index (χ3v) is 6.62. The molecule has 0 fully saturated rings. The second-order valence-electron chi connectivity index (χ2n) is 7.84. The average molecular weight is 461 g/mol. The molecule has 0 radical (unpaired) electrons. The van der Waals surface area contributed by atoms with Crippen LogP contribution in [-0.2, 0) is 21.9 Å². The van der Waals surface area contributed by atoms with E-state index in [1.54, 1.807) is 16.7 Å². The summed E-state index contributed by atoms with van der Waals surface area (Å²) in [5.74, 6) is 0.902. The molecule has 6 heteroatoms. The van der Waals surface area contributed by atoms with Crippen LogP contribution in [0.3, 0.4) is 0 Å². The van der Waals surface area contributed by atoms with Crippen molar-refractivity contribution in [3.8, 4) is 0 Å². The highest BCUT2D eigenvalue weighted by Crippen LogP contribution is 2.21. The normalized spacial score (nSPS) is 12.8. The number of benzene rings is 2. The van der Waals surface area contributed by atoms with E-state index >= 15 is 0 Å². The van der Waals surface area contributed by atoms with Gasteiger partial charge in [0.2, 0.25) is 11.8 Å². The Morgan fingerprint density at radius 3 is 2.48 bits per heavy atom. The van der Waals surface area contributed by atoms with Crippen LogP contribution in [0.25, 0.3) is 0 Å². The van der Waals surface area contributed by atoms with E-state index in [9.17, 15) is 9.59 Å². The first-order valence-corrected chi connectivity index (χ1v) is 12.4. The van der Waals surface area contributed by atoms with Gasteiger partial charge in [0.25, 0.3) is 0 Å². The van der Waals surface area contributed by atoms with Crippen LogP contribution >= 0.6 is 23.4 Å². The Labute approximate surface area is 195 Å². The molecule has 0 saturated heterocycles. The third kappa shape index (κ3) is 7.89. The van der Waals surface area contributed by atoms with Crippen molar-refractivity contribution >= 4 is 35.2 Å². The van der Waals surface area contributed by atoms with Gasteiger partial charge < -0.3 is 10.2 Å². The van der Waals surface area contributed by atoms with Crippen molar-refractivity contribution in [2.45, 2.75) is 64.9 Å². The second-order valence-corrected chi connectivity index (χ2v) is 9.23. The van der Waals surface area contributed by atoms with E-state index in [1.807, 2.05) is 51.1 Å². The maximum absolute atomic E-state index is 13.3. The van der Waals surface area contributed by atoms with Gasteiger partial charge in [-0.2, -0.15) is 0 Å². The van der Waals surface area contributed by atoms with E-state index in [2.05, 4.69) is 30.4 Å². The van der Waals surface area contributed by atoms with Gasteiger partial charge in [0.05, 0.1) is 5.75 Å². The number of halogens is 1. The van der Waals surface area contributed by atoms with Gasteiger partial charge >= 0.3 is 0 Å². The van der Waals surface area contributed by atoms with E-state index in [1.165, 1.54) is 11.1 Å². The van der Waals surface area contributed by atoms with Gasteiger partial charge in [-0.1, -0.05) is 73.5 Å². The molecule has 2 aromatic rings. The summed E-state index contributed by atoms with van der Waals surface area (Å²) in [5.41, 5.74) is 3.24. The molecule has 0 spiro atoms. The molecular formula is C25H33ClN2O2S. The Balaban J connectivity index is 2.15. The van der Waals surface area contributed by atoms with Crippen LogP contribution in [-0.4, -0.2) is 34.6 Å². The second kappa shape index (κ2) is 12.8. The maximum atomic E-state index is 13.3. The van der Waals surface area contributed by atoms with Crippen molar-refractivity contribution < 1.29 is 9.59 Å². The molecule has 1 N–H and O–H groups in total. The van der Waals surface area contributed by atoms with Crippen LogP contribution in [0.1, 0.15) is 50.3 Å². The fraction of sp³-hybridized carbons (Fsp3) is 0.440. The molecule has 168 valence electrons. The van der Waals surface area contributed by atoms with Gasteiger partial charge in [-0.05, 0) is 43.9 Å². The fourth-order valence-electron chi connectivity index (χ4n) is 3.31. The number of hydrogen-bond donors (Lipinski definition) is 1. The van der Waals surface area contributed by atoms with E-state index < -0.39 is 6.04 Å². The van der Waals surface area contributed by atoms with Crippen LogP contribution in [0.5, 0.6) is 0 Å². The summed E-state index contributed by atoms with van der Waals surface area (Å²) in [6.07, 6.45) is 1.38. The Bertz CT molecular complexity index is 874. The number of amides is 2. The van der Waals surface area contributed by atoms with E-state index in [-0.39, 0.29) is 17.9 Å². The van der Waals surface area contributed by atoms with Crippen LogP contribution in [0.4, 0.5) is 0 Å². The highest BCUT2D eigenvalue weighted by molar-refractivity contribution is 7.99. The lowest BCUT2D eigenvalue weighted by atomic mass is 10.1. The van der Waals surface area contributed by atoms with Gasteiger partial charge in [-0.3, -0.25) is 9.59 Å². The minimum Gasteiger partial charge on any atom is -0.352 e. The Kier molecular flexibility index (Phi) is 10.4. The van der Waals surface area contributed by atoms with Crippen LogP contribution in [0.2, 0.25) is 5.02 Å². The molecule has 2 rings (SSSR count). The standard InChI is InChI=1S/C25H33ClN2O2S/c1-5-19(4)27-25(30)23(6-2)28(15-21-12-7-8-13-22(21)26)24(29)17-31-16-20-11-9-10-18(3)14-20/h7-14,19,23H,5-6,15-17H2,1-4H3,(H,27,30)/t19-,23-/m1/s1. The molecule has 2 atom stereocenters. The zero-order valence-electron chi connectivity index (χ0n) is 18.9. The van der Waals surface area contributed by atoms with Crippen molar-refractivity contribution in [1.29, 1.82) is 0 Å². The molecule has 0 unspecified atom stereocenters. The van der Waals surface area contributed by atoms with Crippen molar-refractivity contribution in [3.05, 3.63) is 70.2 Å². The molecule has 4 nitrogen and oxygen atoms in total. The Hall–Kier alpha value is -1.98. The zero-order chi connectivity index (χ0) is 22.8. The number of nitrogens with zero attached hydrogens (tertiary/aromatic N) is 1. The summed E-state index contributed by atoms with van der Waals surface area (Å²) in [6.45, 7) is 8.32. The first-order chi connectivity index (χ1) is 14.8. The quantitative estimate of drug-likeness (QED) is 0.474. The highest BCUT2D eigenvalue weighted by atomic mass is 35.5. The molecule has 0 aromatic heterocycles. The lowest BCUT2D eigenvalue weighted by molar-refractivity contribution is -0.139. The number of thioether (sulfide) groups is 1. The lowest BCUT2D eigenvalue weighted by Gasteiger charge is -2.31. The topological polar surface area (TPSA) is 49.4 Å². The predicted octanol–water partition coefficient (Wildman–Crippen LogP) is 5.60. The van der Waals surface area contributed by atoms with E-state index in [4.69, 9.17) is 11.6 Å². The first kappa shape index (κ1) is 25.3. The Morgan fingerprint density at radius 2 is 1.84 bits per heavy atom. The predicted molar refractivity (Wildman–Crippen MR) is 131 cm³/mol. The van der Waals surface area contributed by atoms with E-state index in [0.29, 0.717) is 23.7 Å². The summed E-state index contributed by atoms with van der Waals surface area (Å²) in [5, 5.41) is 3.63. The molecule has 0 aliphatic rings. The van der Waals surface area contributed by atoms with E-state index in [0.717, 1.165) is 17.7 Å². The highest BCUT2D eigenvalue weighted by Gasteiger charge is 2.29. The van der Waals surface area contributed by atoms with Gasteiger partial charge in [-0.15, -0.1) is 11.8 Å². The molecular weight excluding hydrogens is 428 g/mol. The van der Waals surface area contributed by atoms with Crippen molar-refractivity contribution in [2.24, 2.45) is 0 Å². The summed E-state index contributed by atoms with van der Waals surface area (Å²) in [6, 6.07) is 15.3. The smallest absolute Gasteiger partial charge is 0.243 e. The Morgan fingerprint density at radius 1 is 1.10 bits per heavy atom. The summed E-state index contributed by atoms with van der Waals surface area (Å²) in [7, 11) is 0. The largest absolute Gasteiger partial charge is 0.352 e. The number of nitrogens with one attached hydrogen (secondary N) is 1. The van der Waals surface area contributed by atoms with Gasteiger partial charge in [0, 0.05) is 23.4 Å². The summed E-state index contributed by atoms with van der Waals surface area (Å²) >= 11 is 7.93. The van der Waals surface area contributed by atoms with Crippen molar-refractivity contribution in [2.75, 3.05) is 5.75 Å². The first-order valence-electron chi connectivity index (χ1n) is 10.8. The zero-order valence-corrected chi connectivity index (χ0v) is 20.4. The molecule has 2 aromatic carbocycles. The van der Waals surface area contributed by atoms with Gasteiger partial charge in [0.15, 0.2) is 0 Å². The minimum absolute atomic E-state index is 0.0521. The number of carbonyl (C=O) groups excluding carboxylic acids is 2. The molecule has 31 heavy (non-hydrogen) atoms. The summed E-state index contributed by atoms with van der Waals surface area (Å²) in [4.78, 5) is 27.9. The van der Waals surface area contributed by atoms with Crippen LogP contribution < -0.4 is 5.32 Å². The number of aryl methyl sites for hydroxylation is 1. The van der Waals surface area contributed by atoms with Crippen molar-refractivity contribution in [1.82, 2.24) is 10.2 Å². The van der Waals surface area contributed by atoms with Crippen molar-refractivity contribution in [3.63, 3.8) is 0 Å².